The molecule has 5 heteroatoms. The van der Waals surface area contributed by atoms with Crippen LogP contribution in [-0.2, 0) is 4.79 Å². The van der Waals surface area contributed by atoms with Gasteiger partial charge in [-0.05, 0) is 30.7 Å². The Hall–Kier alpha value is -1.65. The van der Waals surface area contributed by atoms with Crippen LogP contribution >= 0.6 is 0 Å². The normalized spacial score (nSPS) is 30.8. The van der Waals surface area contributed by atoms with Crippen LogP contribution in [0, 0.1) is 17.8 Å². The van der Waals surface area contributed by atoms with Crippen molar-refractivity contribution in [1.82, 2.24) is 14.9 Å². The number of anilines is 1. The second-order valence-corrected chi connectivity index (χ2v) is 7.61. The van der Waals surface area contributed by atoms with Gasteiger partial charge in [0.05, 0.1) is 0 Å². The van der Waals surface area contributed by atoms with Crippen LogP contribution in [0.4, 0.5) is 5.95 Å². The lowest BCUT2D eigenvalue weighted by Crippen LogP contribution is -2.52. The fourth-order valence-electron chi connectivity index (χ4n) is 5.06. The summed E-state index contributed by atoms with van der Waals surface area (Å²) < 4.78 is 0. The second-order valence-electron chi connectivity index (χ2n) is 7.61. The van der Waals surface area contributed by atoms with Gasteiger partial charge in [0.25, 0.3) is 0 Å². The number of carbonyl (C=O) groups excluding carboxylic acids is 1. The molecule has 3 unspecified atom stereocenters. The topological polar surface area (TPSA) is 49.3 Å². The van der Waals surface area contributed by atoms with Gasteiger partial charge in [0.1, 0.15) is 0 Å². The molecule has 5 nitrogen and oxygen atoms in total. The van der Waals surface area contributed by atoms with Gasteiger partial charge >= 0.3 is 0 Å². The van der Waals surface area contributed by atoms with E-state index in [0.717, 1.165) is 44.5 Å². The van der Waals surface area contributed by atoms with Crippen molar-refractivity contribution in [2.24, 2.45) is 17.8 Å². The predicted molar refractivity (Wildman–Crippen MR) is 93.6 cm³/mol. The molecule has 4 rings (SSSR count). The van der Waals surface area contributed by atoms with Gasteiger partial charge in [0, 0.05) is 44.5 Å². The van der Waals surface area contributed by atoms with Gasteiger partial charge in [0.2, 0.25) is 11.9 Å². The minimum absolute atomic E-state index is 0.295. The van der Waals surface area contributed by atoms with Crippen molar-refractivity contribution >= 4 is 11.9 Å². The van der Waals surface area contributed by atoms with E-state index in [1.807, 2.05) is 6.07 Å². The molecular formula is C19H28N4O. The van der Waals surface area contributed by atoms with E-state index in [2.05, 4.69) is 19.8 Å². The molecule has 1 aromatic rings. The maximum Gasteiger partial charge on any atom is 0.226 e. The van der Waals surface area contributed by atoms with Crippen molar-refractivity contribution in [1.29, 1.82) is 0 Å². The van der Waals surface area contributed by atoms with Crippen LogP contribution in [0.5, 0.6) is 0 Å². The Labute approximate surface area is 144 Å². The summed E-state index contributed by atoms with van der Waals surface area (Å²) in [6, 6.07) is 1.84. The molecule has 0 bridgehead atoms. The molecule has 0 spiro atoms. The van der Waals surface area contributed by atoms with Gasteiger partial charge in [0.15, 0.2) is 0 Å². The zero-order valence-electron chi connectivity index (χ0n) is 14.4. The number of rotatable bonds is 2. The highest BCUT2D eigenvalue weighted by Gasteiger charge is 2.40. The van der Waals surface area contributed by atoms with E-state index in [1.165, 1.54) is 38.5 Å². The van der Waals surface area contributed by atoms with Gasteiger partial charge in [-0.1, -0.05) is 32.1 Å². The van der Waals surface area contributed by atoms with E-state index in [9.17, 15) is 4.79 Å². The quantitative estimate of drug-likeness (QED) is 0.837. The summed E-state index contributed by atoms with van der Waals surface area (Å²) in [5.41, 5.74) is 0. The molecule has 1 aromatic heterocycles. The van der Waals surface area contributed by atoms with Crippen molar-refractivity contribution in [2.75, 3.05) is 31.1 Å². The highest BCUT2D eigenvalue weighted by molar-refractivity contribution is 5.79. The number of fused-ring (bicyclic) bond motifs is 1. The summed E-state index contributed by atoms with van der Waals surface area (Å²) in [6.45, 7) is 3.31. The monoisotopic (exact) mass is 328 g/mol. The number of hydrogen-bond acceptors (Lipinski definition) is 4. The van der Waals surface area contributed by atoms with Crippen molar-refractivity contribution in [2.45, 2.75) is 44.9 Å². The molecule has 24 heavy (non-hydrogen) atoms. The molecule has 3 atom stereocenters. The lowest BCUT2D eigenvalue weighted by molar-refractivity contribution is -0.140. The van der Waals surface area contributed by atoms with Crippen LogP contribution < -0.4 is 4.90 Å². The summed E-state index contributed by atoms with van der Waals surface area (Å²) in [5.74, 6) is 2.99. The molecule has 3 fully saturated rings. The van der Waals surface area contributed by atoms with Gasteiger partial charge in [-0.25, -0.2) is 9.97 Å². The number of carbonyl (C=O) groups is 1. The third-order valence-corrected chi connectivity index (χ3v) is 6.32. The third kappa shape index (κ3) is 3.13. The lowest BCUT2D eigenvalue weighted by Gasteiger charge is -2.43. The predicted octanol–water partition coefficient (Wildman–Crippen LogP) is 2.73. The summed E-state index contributed by atoms with van der Waals surface area (Å²) in [5, 5.41) is 0. The molecule has 0 radical (unpaired) electrons. The SMILES string of the molecule is O=C(C1CCCC2CCCCC21)N1CCN(c2ncccn2)CC1. The standard InChI is InChI=1S/C19H28N4O/c24-18(17-8-3-6-15-5-1-2-7-16(15)17)22-11-13-23(14-12-22)19-20-9-4-10-21-19/h4,9-10,15-17H,1-3,5-8,11-14H2. The minimum atomic E-state index is 0.295. The van der Waals surface area contributed by atoms with E-state index in [0.29, 0.717) is 17.7 Å². The van der Waals surface area contributed by atoms with Crippen LogP contribution in [0.3, 0.4) is 0 Å². The number of aromatic nitrogens is 2. The average Bonchev–Trinajstić information content (AvgIpc) is 2.68. The molecule has 0 N–H and O–H groups in total. The molecule has 2 aliphatic carbocycles. The largest absolute Gasteiger partial charge is 0.339 e. The number of hydrogen-bond donors (Lipinski definition) is 0. The van der Waals surface area contributed by atoms with Crippen molar-refractivity contribution in [3.05, 3.63) is 18.5 Å². The molecule has 1 saturated heterocycles. The summed E-state index contributed by atoms with van der Waals surface area (Å²) in [6.07, 6.45) is 12.6. The van der Waals surface area contributed by atoms with Crippen LogP contribution in [-0.4, -0.2) is 47.0 Å². The number of nitrogens with zero attached hydrogens (tertiary/aromatic N) is 4. The van der Waals surface area contributed by atoms with E-state index in [-0.39, 0.29) is 0 Å². The Morgan fingerprint density at radius 3 is 2.42 bits per heavy atom. The van der Waals surface area contributed by atoms with Crippen LogP contribution in [0.1, 0.15) is 44.9 Å². The molecule has 2 heterocycles. The van der Waals surface area contributed by atoms with Gasteiger partial charge in [-0.3, -0.25) is 4.79 Å². The summed E-state index contributed by atoms with van der Waals surface area (Å²) in [4.78, 5) is 26.1. The van der Waals surface area contributed by atoms with E-state index in [1.54, 1.807) is 12.4 Å². The Morgan fingerprint density at radius 2 is 1.62 bits per heavy atom. The van der Waals surface area contributed by atoms with Gasteiger partial charge in [-0.2, -0.15) is 0 Å². The van der Waals surface area contributed by atoms with Crippen LogP contribution in [0.2, 0.25) is 0 Å². The summed E-state index contributed by atoms with van der Waals surface area (Å²) in [7, 11) is 0. The second kappa shape index (κ2) is 7.08. The average molecular weight is 328 g/mol. The highest BCUT2D eigenvalue weighted by atomic mass is 16.2. The minimum Gasteiger partial charge on any atom is -0.339 e. The van der Waals surface area contributed by atoms with Gasteiger partial charge in [-0.15, -0.1) is 0 Å². The molecule has 1 amide bonds. The first-order chi connectivity index (χ1) is 11.8. The molecule has 0 aromatic carbocycles. The maximum atomic E-state index is 13.1. The zero-order chi connectivity index (χ0) is 16.4. The zero-order valence-corrected chi connectivity index (χ0v) is 14.4. The Morgan fingerprint density at radius 1 is 0.917 bits per heavy atom. The van der Waals surface area contributed by atoms with Gasteiger partial charge < -0.3 is 9.80 Å². The Balaban J connectivity index is 1.37. The maximum absolute atomic E-state index is 13.1. The Bertz CT molecular complexity index is 554. The van der Waals surface area contributed by atoms with E-state index >= 15 is 0 Å². The molecule has 130 valence electrons. The lowest BCUT2D eigenvalue weighted by atomic mass is 9.65. The fraction of sp³-hybridized carbons (Fsp3) is 0.737. The van der Waals surface area contributed by atoms with Crippen LogP contribution in [0.15, 0.2) is 18.5 Å². The molecular weight excluding hydrogens is 300 g/mol. The number of amides is 1. The molecule has 1 aliphatic heterocycles. The first-order valence-electron chi connectivity index (χ1n) is 9.63. The van der Waals surface area contributed by atoms with Crippen molar-refractivity contribution in [3.63, 3.8) is 0 Å². The van der Waals surface area contributed by atoms with Crippen LogP contribution in [0.25, 0.3) is 0 Å². The van der Waals surface area contributed by atoms with Crippen molar-refractivity contribution in [3.8, 4) is 0 Å². The highest BCUT2D eigenvalue weighted by Crippen LogP contribution is 2.44. The van der Waals surface area contributed by atoms with E-state index < -0.39 is 0 Å². The summed E-state index contributed by atoms with van der Waals surface area (Å²) >= 11 is 0. The molecule has 2 saturated carbocycles. The van der Waals surface area contributed by atoms with Crippen molar-refractivity contribution < 1.29 is 4.79 Å². The third-order valence-electron chi connectivity index (χ3n) is 6.32. The molecule has 3 aliphatic rings. The number of piperazine rings is 1. The Kier molecular flexibility index (Phi) is 4.67. The fourth-order valence-corrected chi connectivity index (χ4v) is 5.06. The first kappa shape index (κ1) is 15.9. The smallest absolute Gasteiger partial charge is 0.226 e. The van der Waals surface area contributed by atoms with E-state index in [4.69, 9.17) is 0 Å². The first-order valence-corrected chi connectivity index (χ1v) is 9.63.